The quantitative estimate of drug-likeness (QED) is 0.505. The van der Waals surface area contributed by atoms with Crippen molar-refractivity contribution < 1.29 is 9.47 Å². The molecule has 3 nitrogen and oxygen atoms in total. The van der Waals surface area contributed by atoms with Crippen LogP contribution < -0.4 is 14.8 Å². The first-order chi connectivity index (χ1) is 11.1. The van der Waals surface area contributed by atoms with E-state index in [1.807, 2.05) is 42.5 Å². The lowest BCUT2D eigenvalue weighted by Gasteiger charge is -2.15. The lowest BCUT2D eigenvalue weighted by atomic mass is 10.2. The normalized spacial score (nSPS) is 10.4. The molecule has 2 aromatic carbocycles. The summed E-state index contributed by atoms with van der Waals surface area (Å²) in [5, 5.41) is 3.96. The van der Waals surface area contributed by atoms with E-state index in [2.05, 4.69) is 27.8 Å². The summed E-state index contributed by atoms with van der Waals surface area (Å²) in [6.45, 7) is 5.60. The van der Waals surface area contributed by atoms with Crippen molar-refractivity contribution in [3.05, 3.63) is 69.7 Å². The van der Waals surface area contributed by atoms with Crippen LogP contribution in [0.4, 0.5) is 0 Å². The van der Waals surface area contributed by atoms with E-state index >= 15 is 0 Å². The molecular formula is C18H19BrClNO2. The summed E-state index contributed by atoms with van der Waals surface area (Å²) in [6.07, 6.45) is 1.83. The molecule has 0 spiro atoms. The Balaban J connectivity index is 2.12. The largest absolute Gasteiger partial charge is 0.493 e. The monoisotopic (exact) mass is 395 g/mol. The van der Waals surface area contributed by atoms with Crippen molar-refractivity contribution in [2.45, 2.75) is 13.2 Å². The smallest absolute Gasteiger partial charge is 0.175 e. The lowest BCUT2D eigenvalue weighted by molar-refractivity contribution is 0.282. The first-order valence-electron chi connectivity index (χ1n) is 7.19. The Morgan fingerprint density at radius 1 is 1.26 bits per heavy atom. The van der Waals surface area contributed by atoms with Crippen LogP contribution in [-0.2, 0) is 13.2 Å². The molecule has 2 rings (SSSR count). The summed E-state index contributed by atoms with van der Waals surface area (Å²) < 4.78 is 12.2. The fourth-order valence-electron chi connectivity index (χ4n) is 2.12. The highest BCUT2D eigenvalue weighted by atomic mass is 79.9. The van der Waals surface area contributed by atoms with Gasteiger partial charge in [-0.25, -0.2) is 0 Å². The molecule has 5 heteroatoms. The zero-order valence-corrected chi connectivity index (χ0v) is 15.3. The van der Waals surface area contributed by atoms with Crippen LogP contribution >= 0.6 is 27.5 Å². The first-order valence-corrected chi connectivity index (χ1v) is 8.36. The highest BCUT2D eigenvalue weighted by Gasteiger charge is 2.12. The average molecular weight is 397 g/mol. The zero-order valence-electron chi connectivity index (χ0n) is 12.9. The minimum absolute atomic E-state index is 0.420. The number of halogens is 2. The van der Waals surface area contributed by atoms with E-state index in [9.17, 15) is 0 Å². The second-order valence-electron chi connectivity index (χ2n) is 4.95. The van der Waals surface area contributed by atoms with Crippen molar-refractivity contribution in [2.75, 3.05) is 13.7 Å². The maximum absolute atomic E-state index is 5.99. The van der Waals surface area contributed by atoms with Crippen molar-refractivity contribution in [3.8, 4) is 11.5 Å². The molecule has 2 aromatic rings. The highest BCUT2D eigenvalue weighted by molar-refractivity contribution is 9.10. The van der Waals surface area contributed by atoms with Gasteiger partial charge in [-0.15, -0.1) is 6.58 Å². The van der Waals surface area contributed by atoms with E-state index in [1.54, 1.807) is 7.11 Å². The van der Waals surface area contributed by atoms with Crippen LogP contribution in [0.3, 0.4) is 0 Å². The van der Waals surface area contributed by atoms with Crippen LogP contribution in [0.2, 0.25) is 5.02 Å². The molecule has 0 bridgehead atoms. The predicted octanol–water partition coefficient (Wildman–Crippen LogP) is 4.97. The van der Waals surface area contributed by atoms with Gasteiger partial charge < -0.3 is 14.8 Å². The van der Waals surface area contributed by atoms with Crippen LogP contribution in [0.25, 0.3) is 0 Å². The second kappa shape index (κ2) is 8.96. The van der Waals surface area contributed by atoms with Gasteiger partial charge in [-0.2, -0.15) is 0 Å². The first kappa shape index (κ1) is 17.9. The highest BCUT2D eigenvalue weighted by Crippen LogP contribution is 2.37. The third-order valence-electron chi connectivity index (χ3n) is 3.18. The number of benzene rings is 2. The molecule has 0 aliphatic heterocycles. The maximum Gasteiger partial charge on any atom is 0.175 e. The van der Waals surface area contributed by atoms with Crippen LogP contribution in [0, 0.1) is 0 Å². The fourth-order valence-corrected chi connectivity index (χ4v) is 2.93. The van der Waals surface area contributed by atoms with E-state index in [0.29, 0.717) is 23.1 Å². The van der Waals surface area contributed by atoms with Gasteiger partial charge in [-0.3, -0.25) is 0 Å². The SMILES string of the molecule is C=CCNCc1cc(Br)c(OCc2cccc(Cl)c2)c(OC)c1. The molecule has 0 aliphatic carbocycles. The van der Waals surface area contributed by atoms with Gasteiger partial charge in [0.15, 0.2) is 11.5 Å². The van der Waals surface area contributed by atoms with Crippen molar-refractivity contribution >= 4 is 27.5 Å². The Kier molecular flexibility index (Phi) is 6.96. The number of methoxy groups -OCH3 is 1. The van der Waals surface area contributed by atoms with E-state index in [0.717, 1.165) is 28.7 Å². The summed E-state index contributed by atoms with van der Waals surface area (Å²) in [7, 11) is 1.63. The lowest BCUT2D eigenvalue weighted by Crippen LogP contribution is -2.12. The minimum Gasteiger partial charge on any atom is -0.493 e. The Morgan fingerprint density at radius 2 is 2.09 bits per heavy atom. The van der Waals surface area contributed by atoms with Crippen molar-refractivity contribution in [3.63, 3.8) is 0 Å². The standard InChI is InChI=1S/C18H19BrClNO2/c1-3-7-21-11-14-9-16(19)18(17(10-14)22-2)23-12-13-5-4-6-15(20)8-13/h3-6,8-10,21H,1,7,11-12H2,2H3. The third-order valence-corrected chi connectivity index (χ3v) is 4.00. The summed E-state index contributed by atoms with van der Waals surface area (Å²) in [4.78, 5) is 0. The molecule has 0 aliphatic rings. The maximum atomic E-state index is 5.99. The topological polar surface area (TPSA) is 30.5 Å². The number of hydrogen-bond acceptors (Lipinski definition) is 3. The van der Waals surface area contributed by atoms with Crippen molar-refractivity contribution in [2.24, 2.45) is 0 Å². The molecular weight excluding hydrogens is 378 g/mol. The van der Waals surface area contributed by atoms with Gasteiger partial charge >= 0.3 is 0 Å². The fraction of sp³-hybridized carbons (Fsp3) is 0.222. The van der Waals surface area contributed by atoms with Crippen LogP contribution in [0.15, 0.2) is 53.5 Å². The molecule has 0 atom stereocenters. The number of rotatable bonds is 8. The summed E-state index contributed by atoms with van der Waals surface area (Å²) in [6, 6.07) is 11.6. The molecule has 0 fully saturated rings. The van der Waals surface area contributed by atoms with Crippen LogP contribution in [-0.4, -0.2) is 13.7 Å². The molecule has 122 valence electrons. The van der Waals surface area contributed by atoms with Gasteiger partial charge in [-0.1, -0.05) is 29.8 Å². The van der Waals surface area contributed by atoms with Crippen molar-refractivity contribution in [1.29, 1.82) is 0 Å². The van der Waals surface area contributed by atoms with Gasteiger partial charge in [0.25, 0.3) is 0 Å². The molecule has 0 unspecified atom stereocenters. The predicted molar refractivity (Wildman–Crippen MR) is 98.4 cm³/mol. The Labute approximate surface area is 150 Å². The van der Waals surface area contributed by atoms with E-state index in [1.165, 1.54) is 0 Å². The minimum atomic E-state index is 0.420. The number of hydrogen-bond donors (Lipinski definition) is 1. The Hall–Kier alpha value is -1.49. The Bertz CT molecular complexity index is 676. The second-order valence-corrected chi connectivity index (χ2v) is 6.24. The molecule has 0 saturated carbocycles. The summed E-state index contributed by atoms with van der Waals surface area (Å²) >= 11 is 9.55. The van der Waals surface area contributed by atoms with Gasteiger partial charge in [0.05, 0.1) is 11.6 Å². The molecule has 0 radical (unpaired) electrons. The molecule has 0 saturated heterocycles. The van der Waals surface area contributed by atoms with Gasteiger partial charge in [-0.05, 0) is 51.3 Å². The van der Waals surface area contributed by atoms with E-state index in [-0.39, 0.29) is 0 Å². The van der Waals surface area contributed by atoms with Crippen LogP contribution in [0.1, 0.15) is 11.1 Å². The molecule has 0 amide bonds. The van der Waals surface area contributed by atoms with Gasteiger partial charge in [0, 0.05) is 18.1 Å². The Morgan fingerprint density at radius 3 is 2.78 bits per heavy atom. The van der Waals surface area contributed by atoms with E-state index < -0.39 is 0 Å². The summed E-state index contributed by atoms with van der Waals surface area (Å²) in [5.74, 6) is 1.37. The average Bonchev–Trinajstić information content (AvgIpc) is 2.53. The van der Waals surface area contributed by atoms with Gasteiger partial charge in [0.2, 0.25) is 0 Å². The molecule has 0 heterocycles. The third kappa shape index (κ3) is 5.27. The number of ether oxygens (including phenoxy) is 2. The molecule has 1 N–H and O–H groups in total. The van der Waals surface area contributed by atoms with Gasteiger partial charge in [0.1, 0.15) is 6.61 Å². The van der Waals surface area contributed by atoms with Crippen LogP contribution in [0.5, 0.6) is 11.5 Å². The summed E-state index contributed by atoms with van der Waals surface area (Å²) in [5.41, 5.74) is 2.11. The zero-order chi connectivity index (χ0) is 16.7. The molecule has 23 heavy (non-hydrogen) atoms. The number of nitrogens with one attached hydrogen (secondary N) is 1. The van der Waals surface area contributed by atoms with Crippen molar-refractivity contribution in [1.82, 2.24) is 5.32 Å². The molecule has 0 aromatic heterocycles. The van der Waals surface area contributed by atoms with E-state index in [4.69, 9.17) is 21.1 Å².